The van der Waals surface area contributed by atoms with Crippen LogP contribution in [0.3, 0.4) is 0 Å². The number of benzene rings is 1. The zero-order chi connectivity index (χ0) is 13.1. The predicted octanol–water partition coefficient (Wildman–Crippen LogP) is 3.95. The highest BCUT2D eigenvalue weighted by molar-refractivity contribution is 5.69. The van der Waals surface area contributed by atoms with Gasteiger partial charge in [0, 0.05) is 23.5 Å². The lowest BCUT2D eigenvalue weighted by atomic mass is 10.0. The van der Waals surface area contributed by atoms with E-state index < -0.39 is 0 Å². The van der Waals surface area contributed by atoms with Crippen LogP contribution >= 0.6 is 0 Å². The van der Waals surface area contributed by atoms with Gasteiger partial charge in [-0.1, -0.05) is 12.1 Å². The number of hydrogen-bond donors (Lipinski definition) is 0. The molecule has 0 bridgehead atoms. The minimum atomic E-state index is -0.279. The molecule has 0 N–H and O–H groups in total. The summed E-state index contributed by atoms with van der Waals surface area (Å²) in [5.74, 6) is -0.279. The normalized spacial score (nSPS) is 10.4. The first-order valence-corrected chi connectivity index (χ1v) is 5.97. The van der Waals surface area contributed by atoms with E-state index in [0.29, 0.717) is 11.3 Å². The Hall–Kier alpha value is -2.55. The van der Waals surface area contributed by atoms with E-state index in [9.17, 15) is 4.39 Å². The average molecular weight is 250 g/mol. The van der Waals surface area contributed by atoms with Gasteiger partial charge >= 0.3 is 0 Å². The van der Waals surface area contributed by atoms with E-state index in [1.54, 1.807) is 30.6 Å². The van der Waals surface area contributed by atoms with E-state index in [0.717, 1.165) is 11.3 Å². The summed E-state index contributed by atoms with van der Waals surface area (Å²) in [7, 11) is 0. The summed E-state index contributed by atoms with van der Waals surface area (Å²) in [5.41, 5.74) is 2.81. The van der Waals surface area contributed by atoms with Crippen molar-refractivity contribution in [3.63, 3.8) is 0 Å². The van der Waals surface area contributed by atoms with Crippen molar-refractivity contribution in [2.45, 2.75) is 0 Å². The summed E-state index contributed by atoms with van der Waals surface area (Å²) in [4.78, 5) is 8.45. The Labute approximate surface area is 110 Å². The number of nitrogens with zero attached hydrogens (tertiary/aromatic N) is 2. The van der Waals surface area contributed by atoms with Gasteiger partial charge < -0.3 is 0 Å². The first-order chi connectivity index (χ1) is 9.34. The Bertz CT molecular complexity index is 682. The second-order valence-electron chi connectivity index (χ2n) is 4.12. The van der Waals surface area contributed by atoms with Crippen molar-refractivity contribution >= 4 is 0 Å². The van der Waals surface area contributed by atoms with Crippen molar-refractivity contribution in [2.24, 2.45) is 0 Å². The second-order valence-corrected chi connectivity index (χ2v) is 4.12. The number of halogens is 1. The molecule has 0 aliphatic rings. The van der Waals surface area contributed by atoms with E-state index in [2.05, 4.69) is 9.97 Å². The van der Waals surface area contributed by atoms with E-state index in [-0.39, 0.29) is 5.82 Å². The maximum absolute atomic E-state index is 13.9. The zero-order valence-corrected chi connectivity index (χ0v) is 10.1. The summed E-state index contributed by atoms with van der Waals surface area (Å²) >= 11 is 0. The molecule has 2 nitrogen and oxygen atoms in total. The Kier molecular flexibility index (Phi) is 3.02. The van der Waals surface area contributed by atoms with Crippen molar-refractivity contribution < 1.29 is 4.39 Å². The molecule has 0 atom stereocenters. The number of rotatable bonds is 2. The van der Waals surface area contributed by atoms with E-state index >= 15 is 0 Å². The fourth-order valence-electron chi connectivity index (χ4n) is 1.94. The Balaban J connectivity index is 2.12. The van der Waals surface area contributed by atoms with Crippen LogP contribution in [-0.4, -0.2) is 9.97 Å². The third-order valence-corrected chi connectivity index (χ3v) is 2.87. The molecule has 92 valence electrons. The largest absolute Gasteiger partial charge is 0.256 e. The first kappa shape index (κ1) is 11.5. The van der Waals surface area contributed by atoms with Crippen LogP contribution in [0.2, 0.25) is 0 Å². The van der Waals surface area contributed by atoms with Gasteiger partial charge in [-0.15, -0.1) is 0 Å². The third-order valence-electron chi connectivity index (χ3n) is 2.87. The van der Waals surface area contributed by atoms with E-state index in [1.165, 1.54) is 6.07 Å². The van der Waals surface area contributed by atoms with Crippen LogP contribution in [-0.2, 0) is 0 Å². The highest BCUT2D eigenvalue weighted by Crippen LogP contribution is 2.26. The fraction of sp³-hybridized carbons (Fsp3) is 0. The summed E-state index contributed by atoms with van der Waals surface area (Å²) in [6.07, 6.45) is 3.38. The Morgan fingerprint density at radius 3 is 2.05 bits per heavy atom. The molecule has 0 aliphatic carbocycles. The smallest absolute Gasteiger partial charge is 0.132 e. The molecule has 3 rings (SSSR count). The molecule has 0 aliphatic heterocycles. The van der Waals surface area contributed by atoms with Gasteiger partial charge in [0.1, 0.15) is 5.82 Å². The molecule has 0 amide bonds. The monoisotopic (exact) mass is 250 g/mol. The van der Waals surface area contributed by atoms with Gasteiger partial charge in [0.05, 0.1) is 11.4 Å². The molecule has 0 radical (unpaired) electrons. The lowest BCUT2D eigenvalue weighted by Crippen LogP contribution is -1.89. The van der Waals surface area contributed by atoms with Crippen LogP contribution in [0.25, 0.3) is 22.5 Å². The van der Waals surface area contributed by atoms with Gasteiger partial charge in [0.2, 0.25) is 0 Å². The topological polar surface area (TPSA) is 25.8 Å². The molecule has 2 heterocycles. The number of aromatic nitrogens is 2. The van der Waals surface area contributed by atoms with Crippen molar-refractivity contribution in [1.82, 2.24) is 9.97 Å². The Morgan fingerprint density at radius 1 is 0.737 bits per heavy atom. The van der Waals surface area contributed by atoms with Crippen molar-refractivity contribution in [3.8, 4) is 22.5 Å². The molecule has 0 unspecified atom stereocenters. The van der Waals surface area contributed by atoms with Gasteiger partial charge in [0.15, 0.2) is 0 Å². The van der Waals surface area contributed by atoms with Gasteiger partial charge in [-0.3, -0.25) is 9.97 Å². The highest BCUT2D eigenvalue weighted by atomic mass is 19.1. The van der Waals surface area contributed by atoms with Crippen LogP contribution in [0.1, 0.15) is 0 Å². The third kappa shape index (κ3) is 2.36. The maximum atomic E-state index is 13.9. The number of pyridine rings is 2. The van der Waals surface area contributed by atoms with Gasteiger partial charge in [0.25, 0.3) is 0 Å². The molecular weight excluding hydrogens is 239 g/mol. The average Bonchev–Trinajstić information content (AvgIpc) is 2.49. The molecule has 0 fully saturated rings. The minimum Gasteiger partial charge on any atom is -0.256 e. The molecule has 3 aromatic rings. The van der Waals surface area contributed by atoms with Crippen LogP contribution in [0.4, 0.5) is 4.39 Å². The molecule has 0 saturated heterocycles. The standard InChI is InChI=1S/C16H11FN2/c17-14-8-7-12(15-5-1-3-9-18-15)11-13(14)16-6-2-4-10-19-16/h1-11H. The lowest BCUT2D eigenvalue weighted by molar-refractivity contribution is 0.631. The molecule has 1 aromatic carbocycles. The van der Waals surface area contributed by atoms with Crippen LogP contribution < -0.4 is 0 Å². The van der Waals surface area contributed by atoms with E-state index in [4.69, 9.17) is 0 Å². The fourth-order valence-corrected chi connectivity index (χ4v) is 1.94. The predicted molar refractivity (Wildman–Crippen MR) is 72.9 cm³/mol. The zero-order valence-electron chi connectivity index (χ0n) is 10.1. The van der Waals surface area contributed by atoms with Gasteiger partial charge in [-0.25, -0.2) is 4.39 Å². The van der Waals surface area contributed by atoms with Gasteiger partial charge in [-0.2, -0.15) is 0 Å². The summed E-state index contributed by atoms with van der Waals surface area (Å²) in [6.45, 7) is 0. The summed E-state index contributed by atoms with van der Waals surface area (Å²) in [6, 6.07) is 16.1. The lowest BCUT2D eigenvalue weighted by Gasteiger charge is -2.06. The summed E-state index contributed by atoms with van der Waals surface area (Å²) in [5, 5.41) is 0. The van der Waals surface area contributed by atoms with E-state index in [1.807, 2.05) is 30.3 Å². The minimum absolute atomic E-state index is 0.279. The Morgan fingerprint density at radius 2 is 1.42 bits per heavy atom. The molecular formula is C16H11FN2. The molecule has 2 aromatic heterocycles. The van der Waals surface area contributed by atoms with Crippen LogP contribution in [0.5, 0.6) is 0 Å². The molecule has 19 heavy (non-hydrogen) atoms. The van der Waals surface area contributed by atoms with Crippen LogP contribution in [0, 0.1) is 5.82 Å². The van der Waals surface area contributed by atoms with Crippen molar-refractivity contribution in [2.75, 3.05) is 0 Å². The number of hydrogen-bond acceptors (Lipinski definition) is 2. The second kappa shape index (κ2) is 4.98. The summed E-state index contributed by atoms with van der Waals surface area (Å²) < 4.78 is 13.9. The SMILES string of the molecule is Fc1ccc(-c2ccccn2)cc1-c1ccccn1. The molecule has 0 saturated carbocycles. The first-order valence-electron chi connectivity index (χ1n) is 5.97. The quantitative estimate of drug-likeness (QED) is 0.688. The van der Waals surface area contributed by atoms with Crippen LogP contribution in [0.15, 0.2) is 67.0 Å². The highest BCUT2D eigenvalue weighted by Gasteiger charge is 2.08. The molecule has 0 spiro atoms. The molecule has 3 heteroatoms. The van der Waals surface area contributed by atoms with Gasteiger partial charge in [-0.05, 0) is 42.5 Å². The van der Waals surface area contributed by atoms with Crippen molar-refractivity contribution in [3.05, 3.63) is 72.8 Å². The van der Waals surface area contributed by atoms with Crippen molar-refractivity contribution in [1.29, 1.82) is 0 Å². The maximum Gasteiger partial charge on any atom is 0.132 e.